The number of aldehydes is 2. The molecule has 1 aliphatic rings. The average molecular weight is 913 g/mol. The minimum Gasteiger partial charge on any atom is -0.497 e. The van der Waals surface area contributed by atoms with Crippen molar-refractivity contribution < 1.29 is 45.9 Å². The summed E-state index contributed by atoms with van der Waals surface area (Å²) in [5, 5.41) is 2.38. The molecular weight excluding hydrogens is 876 g/mol. The quantitative estimate of drug-likeness (QED) is 0.114. The molecule has 68 heavy (non-hydrogen) atoms. The highest BCUT2D eigenvalue weighted by Crippen LogP contribution is 2.40. The summed E-state index contributed by atoms with van der Waals surface area (Å²) >= 11 is 0. The Labute approximate surface area is 383 Å². The van der Waals surface area contributed by atoms with Crippen molar-refractivity contribution in [2.45, 2.75) is 14.4 Å². The third-order valence-electron chi connectivity index (χ3n) is 10.9. The minimum absolute atomic E-state index is 0. The van der Waals surface area contributed by atoms with Crippen LogP contribution in [0.4, 0.5) is 4.39 Å². The van der Waals surface area contributed by atoms with Gasteiger partial charge in [0, 0.05) is 62.2 Å². The third kappa shape index (κ3) is 8.93. The summed E-state index contributed by atoms with van der Waals surface area (Å²) in [6, 6.07) is 35.9. The minimum atomic E-state index is -0.589. The standard InChI is InChI=1S/C19H12O4.C17H9FO5.C17H12O4.CH4/c1-11-6-7-16-14(8-11)19(21)15(10-22-16)13-9-18(20)23-17-5-3-2-4-12(13)17;18-10-1-2-14-13(4-10)12(6-17(20)23-14)11-5-16-15(21-8-22-16)3-9(11)7-19;1-20-12-6-7-13(11(8-12)10-18)15-9-17(19)21-16-5-3-2-4-14(15)16;/h2-10H,1H3;1-7H,8H2;2-10H,1H3;1H4. The van der Waals surface area contributed by atoms with Crippen molar-refractivity contribution in [2.24, 2.45) is 0 Å². The Morgan fingerprint density at radius 2 is 1.06 bits per heavy atom. The number of para-hydroxylation sites is 2. The molecular formula is C54H37FO13. The van der Waals surface area contributed by atoms with E-state index in [2.05, 4.69) is 0 Å². The Morgan fingerprint density at radius 1 is 0.515 bits per heavy atom. The lowest BCUT2D eigenvalue weighted by molar-refractivity contribution is 0.111. The van der Waals surface area contributed by atoms with Gasteiger partial charge in [0.1, 0.15) is 40.2 Å². The van der Waals surface area contributed by atoms with E-state index in [0.717, 1.165) is 17.2 Å². The second kappa shape index (κ2) is 19.1. The van der Waals surface area contributed by atoms with Gasteiger partial charge in [0.2, 0.25) is 12.2 Å². The summed E-state index contributed by atoms with van der Waals surface area (Å²) in [5.41, 5.74) is 4.83. The number of fused-ring (bicyclic) bond motifs is 5. The van der Waals surface area contributed by atoms with Crippen LogP contribution in [0.25, 0.3) is 77.3 Å². The Hall–Kier alpha value is -9.17. The first kappa shape index (κ1) is 45.4. The number of halogens is 1. The van der Waals surface area contributed by atoms with E-state index in [4.69, 9.17) is 31.9 Å². The number of ether oxygens (including phenoxy) is 3. The van der Waals surface area contributed by atoms with Crippen LogP contribution in [0.2, 0.25) is 0 Å². The molecule has 0 unspecified atom stereocenters. The molecule has 10 aromatic rings. The zero-order chi connectivity index (χ0) is 46.8. The number of hydrogen-bond acceptors (Lipinski definition) is 13. The van der Waals surface area contributed by atoms with Gasteiger partial charge < -0.3 is 31.9 Å². The number of aryl methyl sites for hydroxylation is 1. The molecule has 5 heterocycles. The smallest absolute Gasteiger partial charge is 0.336 e. The van der Waals surface area contributed by atoms with Crippen LogP contribution in [0.5, 0.6) is 17.2 Å². The number of benzene rings is 6. The normalized spacial score (nSPS) is 11.3. The fraction of sp³-hybridized carbons (Fsp3) is 0.0741. The predicted octanol–water partition coefficient (Wildman–Crippen LogP) is 10.9. The van der Waals surface area contributed by atoms with E-state index in [1.54, 1.807) is 60.7 Å². The number of hydrogen-bond donors (Lipinski definition) is 0. The van der Waals surface area contributed by atoms with E-state index in [1.807, 2.05) is 37.3 Å². The lowest BCUT2D eigenvalue weighted by atomic mass is 9.97. The molecule has 0 saturated heterocycles. The Morgan fingerprint density at radius 3 is 1.68 bits per heavy atom. The third-order valence-corrected chi connectivity index (χ3v) is 10.9. The van der Waals surface area contributed by atoms with E-state index in [0.29, 0.717) is 101 Å². The van der Waals surface area contributed by atoms with Crippen LogP contribution in [0.3, 0.4) is 0 Å². The van der Waals surface area contributed by atoms with E-state index >= 15 is 0 Å². The number of methoxy groups -OCH3 is 1. The van der Waals surface area contributed by atoms with Gasteiger partial charge in [-0.3, -0.25) is 14.4 Å². The maximum Gasteiger partial charge on any atom is 0.336 e. The summed E-state index contributed by atoms with van der Waals surface area (Å²) in [7, 11) is 1.54. The van der Waals surface area contributed by atoms with Crippen molar-refractivity contribution >= 4 is 56.4 Å². The molecule has 0 radical (unpaired) electrons. The maximum absolute atomic E-state index is 13.6. The van der Waals surface area contributed by atoms with Gasteiger partial charge in [-0.2, -0.15) is 0 Å². The van der Waals surface area contributed by atoms with Crippen molar-refractivity contribution in [3.8, 4) is 50.6 Å². The van der Waals surface area contributed by atoms with Gasteiger partial charge in [0.05, 0.1) is 18.1 Å². The molecule has 6 aromatic carbocycles. The zero-order valence-corrected chi connectivity index (χ0v) is 35.3. The van der Waals surface area contributed by atoms with Crippen molar-refractivity contribution in [3.63, 3.8) is 0 Å². The number of rotatable bonds is 6. The fourth-order valence-electron chi connectivity index (χ4n) is 7.76. The first-order valence-electron chi connectivity index (χ1n) is 20.4. The van der Waals surface area contributed by atoms with Gasteiger partial charge in [0.25, 0.3) is 0 Å². The Bertz CT molecular complexity index is 3840. The monoisotopic (exact) mass is 912 g/mol. The summed E-state index contributed by atoms with van der Waals surface area (Å²) in [5.74, 6) is 1.03. The highest BCUT2D eigenvalue weighted by molar-refractivity contribution is 6.01. The van der Waals surface area contributed by atoms with Gasteiger partial charge in [-0.15, -0.1) is 0 Å². The SMILES string of the molecule is C.COc1ccc(-c2cc(=O)oc3ccccc23)c(C=O)c1.Cc1ccc2occ(-c3cc(=O)oc4ccccc34)c(=O)c2c1.O=Cc1cc2c(cc1-c1cc(=O)oc3ccc(F)cc13)OCO2. The molecule has 0 amide bonds. The van der Waals surface area contributed by atoms with Gasteiger partial charge in [0.15, 0.2) is 24.1 Å². The molecule has 0 aliphatic carbocycles. The van der Waals surface area contributed by atoms with Crippen molar-refractivity contribution in [2.75, 3.05) is 13.9 Å². The molecule has 0 spiro atoms. The van der Waals surface area contributed by atoms with Crippen LogP contribution >= 0.6 is 0 Å². The second-order valence-corrected chi connectivity index (χ2v) is 15.0. The molecule has 0 atom stereocenters. The molecule has 11 rings (SSSR count). The Kier molecular flexibility index (Phi) is 12.8. The first-order valence-corrected chi connectivity index (χ1v) is 20.4. The molecule has 0 N–H and O–H groups in total. The van der Waals surface area contributed by atoms with Gasteiger partial charge in [-0.1, -0.05) is 55.5 Å². The summed E-state index contributed by atoms with van der Waals surface area (Å²) in [6.07, 6.45) is 2.81. The molecule has 14 heteroatoms. The van der Waals surface area contributed by atoms with E-state index in [-0.39, 0.29) is 25.2 Å². The topological polar surface area (TPSA) is 183 Å². The zero-order valence-electron chi connectivity index (χ0n) is 35.3. The Balaban J connectivity index is 0.000000137. The molecule has 0 fully saturated rings. The van der Waals surface area contributed by atoms with Crippen molar-refractivity contribution in [1.29, 1.82) is 0 Å². The van der Waals surface area contributed by atoms with Crippen LogP contribution in [0.1, 0.15) is 33.7 Å². The van der Waals surface area contributed by atoms with Crippen LogP contribution in [0.15, 0.2) is 177 Å². The molecule has 1 aliphatic heterocycles. The molecule has 13 nitrogen and oxygen atoms in total. The fourth-order valence-corrected chi connectivity index (χ4v) is 7.76. The van der Waals surface area contributed by atoms with Crippen LogP contribution in [0, 0.1) is 12.7 Å². The van der Waals surface area contributed by atoms with Crippen LogP contribution in [-0.2, 0) is 0 Å². The van der Waals surface area contributed by atoms with E-state index < -0.39 is 22.7 Å². The summed E-state index contributed by atoms with van der Waals surface area (Å²) < 4.78 is 50.3. The summed E-state index contributed by atoms with van der Waals surface area (Å²) in [4.78, 5) is 70.9. The lowest BCUT2D eigenvalue weighted by Crippen LogP contribution is -2.07. The maximum atomic E-state index is 13.6. The van der Waals surface area contributed by atoms with Crippen molar-refractivity contribution in [1.82, 2.24) is 0 Å². The highest BCUT2D eigenvalue weighted by atomic mass is 19.1. The van der Waals surface area contributed by atoms with E-state index in [1.165, 1.54) is 55.8 Å². The largest absolute Gasteiger partial charge is 0.497 e. The number of carbonyl (C=O) groups is 2. The average Bonchev–Trinajstić information content (AvgIpc) is 3.81. The number of carbonyl (C=O) groups excluding carboxylic acids is 2. The summed E-state index contributed by atoms with van der Waals surface area (Å²) in [6.45, 7) is 1.97. The lowest BCUT2D eigenvalue weighted by Gasteiger charge is -2.09. The van der Waals surface area contributed by atoms with E-state index in [9.17, 15) is 33.2 Å². The highest BCUT2D eigenvalue weighted by Gasteiger charge is 2.21. The van der Waals surface area contributed by atoms with Gasteiger partial charge >= 0.3 is 16.9 Å². The predicted molar refractivity (Wildman–Crippen MR) is 255 cm³/mol. The molecule has 0 bridgehead atoms. The molecule has 4 aromatic heterocycles. The van der Waals surface area contributed by atoms with Gasteiger partial charge in [-0.25, -0.2) is 18.8 Å². The molecule has 0 saturated carbocycles. The van der Waals surface area contributed by atoms with Crippen LogP contribution < -0.4 is 36.5 Å². The van der Waals surface area contributed by atoms with Gasteiger partial charge in [-0.05, 0) is 90.8 Å². The van der Waals surface area contributed by atoms with Crippen LogP contribution in [-0.4, -0.2) is 26.5 Å². The first-order chi connectivity index (χ1) is 32.5. The molecule has 338 valence electrons. The van der Waals surface area contributed by atoms with Crippen molar-refractivity contribution in [3.05, 3.63) is 204 Å². The second-order valence-electron chi connectivity index (χ2n) is 15.0.